The Morgan fingerprint density at radius 2 is 2.17 bits per heavy atom. The Labute approximate surface area is 173 Å². The molecule has 0 spiro atoms. The Balaban J connectivity index is 1.85. The smallest absolute Gasteiger partial charge is 0.253 e. The number of aliphatic hydroxyl groups is 1. The molecular formula is C23H31N3O3. The quantitative estimate of drug-likeness (QED) is 0.809. The summed E-state index contributed by atoms with van der Waals surface area (Å²) >= 11 is 0. The highest BCUT2D eigenvalue weighted by atomic mass is 16.5. The average Bonchev–Trinajstić information content (AvgIpc) is 2.82. The second-order valence-corrected chi connectivity index (χ2v) is 7.64. The number of methoxy groups -OCH3 is 1. The summed E-state index contributed by atoms with van der Waals surface area (Å²) in [6.45, 7) is 2.82. The van der Waals surface area contributed by atoms with Crippen molar-refractivity contribution in [1.29, 1.82) is 0 Å². The van der Waals surface area contributed by atoms with Crippen LogP contribution < -0.4 is 4.90 Å². The molecule has 2 heterocycles. The first kappa shape index (κ1) is 21.3. The fourth-order valence-corrected chi connectivity index (χ4v) is 3.83. The molecule has 0 bridgehead atoms. The van der Waals surface area contributed by atoms with Crippen molar-refractivity contribution < 1.29 is 14.6 Å². The third kappa shape index (κ3) is 5.55. The van der Waals surface area contributed by atoms with Crippen molar-refractivity contribution in [1.82, 2.24) is 9.88 Å². The van der Waals surface area contributed by atoms with E-state index >= 15 is 0 Å². The number of amides is 1. The van der Waals surface area contributed by atoms with Gasteiger partial charge in [-0.1, -0.05) is 18.9 Å². The van der Waals surface area contributed by atoms with Gasteiger partial charge in [-0.05, 0) is 42.7 Å². The number of ether oxygens (including phenoxy) is 1. The summed E-state index contributed by atoms with van der Waals surface area (Å²) in [4.78, 5) is 21.1. The monoisotopic (exact) mass is 397 g/mol. The molecule has 0 saturated heterocycles. The van der Waals surface area contributed by atoms with Crippen molar-refractivity contribution in [2.24, 2.45) is 0 Å². The molecule has 1 unspecified atom stereocenters. The highest BCUT2D eigenvalue weighted by Crippen LogP contribution is 2.33. The number of rotatable bonds is 6. The maximum atomic E-state index is 13.0. The van der Waals surface area contributed by atoms with Gasteiger partial charge in [0.2, 0.25) is 0 Å². The normalized spacial score (nSPS) is 17.1. The van der Waals surface area contributed by atoms with E-state index in [0.717, 1.165) is 49.2 Å². The van der Waals surface area contributed by atoms with Gasteiger partial charge in [0.05, 0.1) is 12.7 Å². The predicted molar refractivity (Wildman–Crippen MR) is 114 cm³/mol. The third-order valence-electron chi connectivity index (χ3n) is 5.43. The molecular weight excluding hydrogens is 366 g/mol. The Morgan fingerprint density at radius 3 is 2.93 bits per heavy atom. The van der Waals surface area contributed by atoms with Crippen LogP contribution in [0.15, 0.2) is 42.7 Å². The molecule has 0 radical (unpaired) electrons. The van der Waals surface area contributed by atoms with Crippen LogP contribution in [0.3, 0.4) is 0 Å². The van der Waals surface area contributed by atoms with Gasteiger partial charge in [-0.2, -0.15) is 0 Å². The molecule has 1 aliphatic heterocycles. The van der Waals surface area contributed by atoms with Crippen molar-refractivity contribution in [3.8, 4) is 0 Å². The first-order chi connectivity index (χ1) is 14.1. The van der Waals surface area contributed by atoms with Crippen LogP contribution >= 0.6 is 0 Å². The first-order valence-electron chi connectivity index (χ1n) is 10.3. The molecule has 29 heavy (non-hydrogen) atoms. The van der Waals surface area contributed by atoms with E-state index in [0.29, 0.717) is 25.1 Å². The summed E-state index contributed by atoms with van der Waals surface area (Å²) in [5, 5.41) is 10.8. The van der Waals surface area contributed by atoms with E-state index in [1.807, 2.05) is 30.3 Å². The van der Waals surface area contributed by atoms with Crippen LogP contribution in [0.25, 0.3) is 0 Å². The van der Waals surface area contributed by atoms with Crippen LogP contribution in [0.2, 0.25) is 0 Å². The molecule has 0 aliphatic carbocycles. The van der Waals surface area contributed by atoms with E-state index in [9.17, 15) is 9.90 Å². The van der Waals surface area contributed by atoms with Gasteiger partial charge < -0.3 is 19.6 Å². The van der Waals surface area contributed by atoms with E-state index in [1.165, 1.54) is 0 Å². The molecule has 3 rings (SSSR count). The summed E-state index contributed by atoms with van der Waals surface area (Å²) in [6.07, 6.45) is 6.81. The molecule has 156 valence electrons. The van der Waals surface area contributed by atoms with Gasteiger partial charge in [0, 0.05) is 63.0 Å². The van der Waals surface area contributed by atoms with E-state index in [1.54, 1.807) is 31.5 Å². The number of carbonyl (C=O) groups excluding carboxylic acids is 1. The lowest BCUT2D eigenvalue weighted by Crippen LogP contribution is -2.30. The van der Waals surface area contributed by atoms with Crippen molar-refractivity contribution >= 4 is 11.6 Å². The molecule has 0 saturated carbocycles. The van der Waals surface area contributed by atoms with Gasteiger partial charge in [0.1, 0.15) is 0 Å². The summed E-state index contributed by atoms with van der Waals surface area (Å²) in [6, 6.07) is 9.54. The van der Waals surface area contributed by atoms with Gasteiger partial charge in [-0.25, -0.2) is 0 Å². The maximum Gasteiger partial charge on any atom is 0.253 e. The molecule has 2 aromatic rings. The van der Waals surface area contributed by atoms with Crippen LogP contribution in [-0.4, -0.2) is 54.8 Å². The zero-order valence-corrected chi connectivity index (χ0v) is 17.4. The van der Waals surface area contributed by atoms with Gasteiger partial charge in [-0.3, -0.25) is 9.78 Å². The zero-order chi connectivity index (χ0) is 20.6. The Kier molecular flexibility index (Phi) is 7.61. The molecule has 1 aromatic carbocycles. The largest absolute Gasteiger partial charge is 0.388 e. The standard InChI is InChI=1S/C23H31N3O3/c1-25(17-18-7-6-11-24-16-18)23(28)19-9-10-21-20(15-19)22(27)8-4-3-5-12-26(21)13-14-29-2/h6-7,9-11,15-16,22,27H,3-5,8,12-14,17H2,1-2H3. The number of anilines is 1. The van der Waals surface area contributed by atoms with Crippen molar-refractivity contribution in [2.45, 2.75) is 38.3 Å². The van der Waals surface area contributed by atoms with Crippen LogP contribution in [0.1, 0.15) is 53.3 Å². The number of aromatic nitrogens is 1. The molecule has 6 nitrogen and oxygen atoms in total. The van der Waals surface area contributed by atoms with E-state index in [4.69, 9.17) is 4.74 Å². The lowest BCUT2D eigenvalue weighted by Gasteiger charge is -2.28. The number of benzene rings is 1. The Hall–Kier alpha value is -2.44. The first-order valence-corrected chi connectivity index (χ1v) is 10.3. The molecule has 1 aliphatic rings. The number of hydrogen-bond acceptors (Lipinski definition) is 5. The Bertz CT molecular complexity index is 797. The molecule has 1 N–H and O–H groups in total. The number of pyridine rings is 1. The molecule has 1 aromatic heterocycles. The minimum Gasteiger partial charge on any atom is -0.388 e. The van der Waals surface area contributed by atoms with Crippen molar-refractivity contribution in [2.75, 3.05) is 38.8 Å². The third-order valence-corrected chi connectivity index (χ3v) is 5.43. The van der Waals surface area contributed by atoms with Gasteiger partial charge in [-0.15, -0.1) is 0 Å². The summed E-state index contributed by atoms with van der Waals surface area (Å²) in [5.74, 6) is -0.0628. The van der Waals surface area contributed by atoms with E-state index < -0.39 is 6.10 Å². The maximum absolute atomic E-state index is 13.0. The molecule has 0 fully saturated rings. The lowest BCUT2D eigenvalue weighted by atomic mass is 9.99. The Morgan fingerprint density at radius 1 is 1.31 bits per heavy atom. The van der Waals surface area contributed by atoms with Gasteiger partial charge >= 0.3 is 0 Å². The SMILES string of the molecule is COCCN1CCCCCC(O)c2cc(C(=O)N(C)Cc3cccnc3)ccc21. The fraction of sp³-hybridized carbons (Fsp3) is 0.478. The van der Waals surface area contributed by atoms with Crippen molar-refractivity contribution in [3.05, 3.63) is 59.4 Å². The number of aliphatic hydroxyl groups excluding tert-OH is 1. The van der Waals surface area contributed by atoms with Crippen LogP contribution in [0.4, 0.5) is 5.69 Å². The minimum absolute atomic E-state index is 0.0628. The number of hydrogen-bond donors (Lipinski definition) is 1. The summed E-state index contributed by atoms with van der Waals surface area (Å²) in [7, 11) is 3.49. The number of nitrogens with zero attached hydrogens (tertiary/aromatic N) is 3. The van der Waals surface area contributed by atoms with Crippen LogP contribution in [0, 0.1) is 0 Å². The topological polar surface area (TPSA) is 65.9 Å². The minimum atomic E-state index is -0.565. The zero-order valence-electron chi connectivity index (χ0n) is 17.4. The second kappa shape index (κ2) is 10.4. The molecule has 6 heteroatoms. The highest BCUT2D eigenvalue weighted by molar-refractivity contribution is 5.94. The van der Waals surface area contributed by atoms with Gasteiger partial charge in [0.25, 0.3) is 5.91 Å². The summed E-state index contributed by atoms with van der Waals surface area (Å²) < 4.78 is 5.27. The van der Waals surface area contributed by atoms with Crippen LogP contribution in [0.5, 0.6) is 0 Å². The van der Waals surface area contributed by atoms with Gasteiger partial charge in [0.15, 0.2) is 0 Å². The number of carbonyl (C=O) groups is 1. The lowest BCUT2D eigenvalue weighted by molar-refractivity contribution is 0.0784. The molecule has 1 atom stereocenters. The van der Waals surface area contributed by atoms with Crippen LogP contribution in [-0.2, 0) is 11.3 Å². The van der Waals surface area contributed by atoms with Crippen molar-refractivity contribution in [3.63, 3.8) is 0 Å². The predicted octanol–water partition coefficient (Wildman–Crippen LogP) is 3.41. The van der Waals surface area contributed by atoms with E-state index in [2.05, 4.69) is 9.88 Å². The fourth-order valence-electron chi connectivity index (χ4n) is 3.83. The number of fused-ring (bicyclic) bond motifs is 1. The average molecular weight is 398 g/mol. The second-order valence-electron chi connectivity index (χ2n) is 7.64. The highest BCUT2D eigenvalue weighted by Gasteiger charge is 2.22. The summed E-state index contributed by atoms with van der Waals surface area (Å²) in [5.41, 5.74) is 3.42. The molecule has 1 amide bonds. The van der Waals surface area contributed by atoms with E-state index in [-0.39, 0.29) is 5.91 Å².